The van der Waals surface area contributed by atoms with E-state index >= 15 is 0 Å². The van der Waals surface area contributed by atoms with Crippen LogP contribution in [0.15, 0.2) is 48.5 Å². The summed E-state index contributed by atoms with van der Waals surface area (Å²) >= 11 is 0. The van der Waals surface area contributed by atoms with Gasteiger partial charge in [0.05, 0.1) is 12.7 Å². The lowest BCUT2D eigenvalue weighted by Gasteiger charge is -2.09. The van der Waals surface area contributed by atoms with Gasteiger partial charge in [0.2, 0.25) is 5.91 Å². The molecular formula is C20H21NO5. The summed E-state index contributed by atoms with van der Waals surface area (Å²) in [6.45, 7) is 3.22. The zero-order chi connectivity index (χ0) is 19.1. The first-order chi connectivity index (χ1) is 12.4. The van der Waals surface area contributed by atoms with E-state index in [1.54, 1.807) is 62.4 Å². The van der Waals surface area contributed by atoms with Crippen LogP contribution < -0.4 is 10.1 Å². The minimum Gasteiger partial charge on any atom is -0.497 e. The van der Waals surface area contributed by atoms with E-state index in [0.717, 1.165) is 0 Å². The van der Waals surface area contributed by atoms with Crippen LogP contribution in [0.4, 0.5) is 5.69 Å². The number of esters is 1. The molecule has 0 unspecified atom stereocenters. The molecule has 0 saturated heterocycles. The molecule has 136 valence electrons. The average molecular weight is 355 g/mol. The predicted molar refractivity (Wildman–Crippen MR) is 97.5 cm³/mol. The number of methoxy groups -OCH3 is 1. The van der Waals surface area contributed by atoms with Gasteiger partial charge in [0.25, 0.3) is 0 Å². The number of hydrogen-bond acceptors (Lipinski definition) is 5. The van der Waals surface area contributed by atoms with E-state index in [2.05, 4.69) is 5.32 Å². The molecule has 0 aliphatic carbocycles. The normalized spacial score (nSPS) is 10.3. The molecule has 0 spiro atoms. The average Bonchev–Trinajstić information content (AvgIpc) is 2.66. The fourth-order valence-electron chi connectivity index (χ4n) is 2.07. The summed E-state index contributed by atoms with van der Waals surface area (Å²) in [5.41, 5.74) is 1.31. The second kappa shape index (κ2) is 8.80. The van der Waals surface area contributed by atoms with Crippen molar-refractivity contribution < 1.29 is 23.9 Å². The SMILES string of the molecule is COc1cccc(C(=O)OCC(=O)c2ccc(NC(=O)C(C)C)cc2)c1. The highest BCUT2D eigenvalue weighted by molar-refractivity contribution is 6.00. The minimum atomic E-state index is -0.599. The first-order valence-electron chi connectivity index (χ1n) is 8.16. The summed E-state index contributed by atoms with van der Waals surface area (Å²) in [7, 11) is 1.50. The maximum absolute atomic E-state index is 12.2. The maximum Gasteiger partial charge on any atom is 0.338 e. The first-order valence-corrected chi connectivity index (χ1v) is 8.16. The predicted octanol–water partition coefficient (Wildman–Crippen LogP) is 3.33. The highest BCUT2D eigenvalue weighted by Crippen LogP contribution is 2.14. The Labute approximate surface area is 152 Å². The third-order valence-corrected chi connectivity index (χ3v) is 3.64. The largest absolute Gasteiger partial charge is 0.497 e. The van der Waals surface area contributed by atoms with Crippen LogP contribution in [0.25, 0.3) is 0 Å². The molecule has 1 N–H and O–H groups in total. The molecule has 0 saturated carbocycles. The molecule has 0 heterocycles. The van der Waals surface area contributed by atoms with Crippen LogP contribution in [-0.4, -0.2) is 31.4 Å². The van der Waals surface area contributed by atoms with Gasteiger partial charge in [-0.1, -0.05) is 19.9 Å². The monoisotopic (exact) mass is 355 g/mol. The molecule has 0 aliphatic heterocycles. The van der Waals surface area contributed by atoms with Crippen LogP contribution in [0.3, 0.4) is 0 Å². The number of ether oxygens (including phenoxy) is 2. The summed E-state index contributed by atoms with van der Waals surface area (Å²) in [5.74, 6) is -0.630. The smallest absolute Gasteiger partial charge is 0.338 e. The molecule has 0 bridgehead atoms. The van der Waals surface area contributed by atoms with Gasteiger partial charge in [0.1, 0.15) is 5.75 Å². The molecule has 6 heteroatoms. The quantitative estimate of drug-likeness (QED) is 0.608. The van der Waals surface area contributed by atoms with Gasteiger partial charge in [-0.25, -0.2) is 4.79 Å². The number of anilines is 1. The van der Waals surface area contributed by atoms with Gasteiger partial charge in [-0.15, -0.1) is 0 Å². The number of carbonyl (C=O) groups is 3. The number of amides is 1. The molecule has 6 nitrogen and oxygen atoms in total. The van der Waals surface area contributed by atoms with Crippen LogP contribution in [0.2, 0.25) is 0 Å². The Morgan fingerprint density at radius 3 is 2.31 bits per heavy atom. The van der Waals surface area contributed by atoms with Gasteiger partial charge in [-0.3, -0.25) is 9.59 Å². The Morgan fingerprint density at radius 2 is 1.69 bits per heavy atom. The van der Waals surface area contributed by atoms with Crippen LogP contribution >= 0.6 is 0 Å². The molecular weight excluding hydrogens is 334 g/mol. The summed E-state index contributed by atoms with van der Waals surface area (Å²) in [6.07, 6.45) is 0. The van der Waals surface area contributed by atoms with Gasteiger partial charge >= 0.3 is 5.97 Å². The zero-order valence-corrected chi connectivity index (χ0v) is 14.9. The summed E-state index contributed by atoms with van der Waals surface area (Å²) in [6, 6.07) is 12.9. The van der Waals surface area contributed by atoms with Crippen molar-refractivity contribution in [2.75, 3.05) is 19.0 Å². The van der Waals surface area contributed by atoms with E-state index in [9.17, 15) is 14.4 Å². The van der Waals surface area contributed by atoms with Crippen LogP contribution in [0.1, 0.15) is 34.6 Å². The lowest BCUT2D eigenvalue weighted by molar-refractivity contribution is -0.118. The number of Topliss-reactive ketones (excluding diaryl/α,β-unsaturated/α-hetero) is 1. The van der Waals surface area contributed by atoms with Gasteiger partial charge in [-0.2, -0.15) is 0 Å². The van der Waals surface area contributed by atoms with Crippen molar-refractivity contribution in [1.82, 2.24) is 0 Å². The second-order valence-corrected chi connectivity index (χ2v) is 5.95. The molecule has 26 heavy (non-hydrogen) atoms. The summed E-state index contributed by atoms with van der Waals surface area (Å²) in [4.78, 5) is 35.8. The second-order valence-electron chi connectivity index (χ2n) is 5.95. The van der Waals surface area contributed by atoms with Crippen LogP contribution in [-0.2, 0) is 9.53 Å². The van der Waals surface area contributed by atoms with E-state index in [0.29, 0.717) is 22.6 Å². The van der Waals surface area contributed by atoms with Crippen molar-refractivity contribution in [2.24, 2.45) is 5.92 Å². The van der Waals surface area contributed by atoms with Gasteiger partial charge in [-0.05, 0) is 42.5 Å². The van der Waals surface area contributed by atoms with E-state index in [-0.39, 0.29) is 24.2 Å². The van der Waals surface area contributed by atoms with Crippen LogP contribution in [0.5, 0.6) is 5.75 Å². The van der Waals surface area contributed by atoms with Gasteiger partial charge in [0, 0.05) is 17.2 Å². The summed E-state index contributed by atoms with van der Waals surface area (Å²) < 4.78 is 10.1. The Balaban J connectivity index is 1.93. The van der Waals surface area contributed by atoms with Gasteiger partial charge < -0.3 is 14.8 Å². The van der Waals surface area contributed by atoms with Crippen molar-refractivity contribution >= 4 is 23.3 Å². The molecule has 1 amide bonds. The third kappa shape index (κ3) is 5.17. The number of ketones is 1. The van der Waals surface area contributed by atoms with Crippen molar-refractivity contribution in [2.45, 2.75) is 13.8 Å². The third-order valence-electron chi connectivity index (χ3n) is 3.64. The Kier molecular flexibility index (Phi) is 6.49. The van der Waals surface area contributed by atoms with E-state index < -0.39 is 5.97 Å². The Bertz CT molecular complexity index is 796. The van der Waals surface area contributed by atoms with Crippen molar-refractivity contribution in [3.8, 4) is 5.75 Å². The molecule has 2 rings (SSSR count). The standard InChI is InChI=1S/C20H21NO5/c1-13(2)19(23)21-16-9-7-14(8-10-16)18(22)12-26-20(24)15-5-4-6-17(11-15)25-3/h4-11,13H,12H2,1-3H3,(H,21,23). The van der Waals surface area contributed by atoms with Gasteiger partial charge in [0.15, 0.2) is 12.4 Å². The van der Waals surface area contributed by atoms with Crippen molar-refractivity contribution in [1.29, 1.82) is 0 Å². The highest BCUT2D eigenvalue weighted by atomic mass is 16.5. The lowest BCUT2D eigenvalue weighted by Crippen LogP contribution is -2.18. The number of benzene rings is 2. The number of carbonyl (C=O) groups excluding carboxylic acids is 3. The van der Waals surface area contributed by atoms with E-state index in [4.69, 9.17) is 9.47 Å². The minimum absolute atomic E-state index is 0.101. The maximum atomic E-state index is 12.2. The molecule has 2 aromatic carbocycles. The highest BCUT2D eigenvalue weighted by Gasteiger charge is 2.13. The number of nitrogens with one attached hydrogen (secondary N) is 1. The molecule has 0 aliphatic rings. The van der Waals surface area contributed by atoms with Crippen molar-refractivity contribution in [3.63, 3.8) is 0 Å². The molecule has 2 aromatic rings. The fraction of sp³-hybridized carbons (Fsp3) is 0.250. The zero-order valence-electron chi connectivity index (χ0n) is 14.9. The Hall–Kier alpha value is -3.15. The van der Waals surface area contributed by atoms with E-state index in [1.165, 1.54) is 7.11 Å². The topological polar surface area (TPSA) is 81.7 Å². The molecule has 0 radical (unpaired) electrons. The molecule has 0 atom stereocenters. The fourth-order valence-corrected chi connectivity index (χ4v) is 2.07. The summed E-state index contributed by atoms with van der Waals surface area (Å²) in [5, 5.41) is 2.74. The number of rotatable bonds is 7. The van der Waals surface area contributed by atoms with Crippen molar-refractivity contribution in [3.05, 3.63) is 59.7 Å². The van der Waals surface area contributed by atoms with E-state index in [1.807, 2.05) is 0 Å². The van der Waals surface area contributed by atoms with Crippen LogP contribution in [0, 0.1) is 5.92 Å². The lowest BCUT2D eigenvalue weighted by atomic mass is 10.1. The Morgan fingerprint density at radius 1 is 1.00 bits per heavy atom. The first kappa shape index (κ1) is 19.2. The number of hydrogen-bond donors (Lipinski definition) is 1. The molecule has 0 aromatic heterocycles. The molecule has 0 fully saturated rings.